The number of thioether (sulfide) groups is 1. The standard InChI is InChI=1S/C23H16F3N3O3S2/c24-23(25,26)32-19-9-5-4-8-17(19)27-20(30)14-34-22-28-18(12-15-10-11-33-13-15)21(31)29(22)16-6-2-1-3-7-16/h1-13H,14H2,(H,27,30). The predicted octanol–water partition coefficient (Wildman–Crippen LogP) is 5.76. The molecule has 6 nitrogen and oxygen atoms in total. The number of aliphatic imine (C=N–C) groups is 1. The highest BCUT2D eigenvalue weighted by Gasteiger charge is 2.33. The second kappa shape index (κ2) is 10.1. The topological polar surface area (TPSA) is 71.0 Å². The van der Waals surface area contributed by atoms with E-state index in [1.54, 1.807) is 30.3 Å². The number of rotatable bonds is 6. The van der Waals surface area contributed by atoms with Gasteiger partial charge in [0.25, 0.3) is 5.91 Å². The monoisotopic (exact) mass is 503 g/mol. The lowest BCUT2D eigenvalue weighted by Crippen LogP contribution is -2.31. The van der Waals surface area contributed by atoms with Crippen molar-refractivity contribution < 1.29 is 27.5 Å². The average molecular weight is 504 g/mol. The molecule has 1 aliphatic rings. The van der Waals surface area contributed by atoms with Crippen LogP contribution in [0.25, 0.3) is 6.08 Å². The maximum Gasteiger partial charge on any atom is 0.573 e. The number of para-hydroxylation sites is 3. The third kappa shape index (κ3) is 5.86. The molecule has 34 heavy (non-hydrogen) atoms. The number of hydrogen-bond acceptors (Lipinski definition) is 6. The molecular weight excluding hydrogens is 487 g/mol. The Balaban J connectivity index is 1.51. The molecule has 1 aliphatic heterocycles. The fourth-order valence-corrected chi connectivity index (χ4v) is 4.44. The zero-order valence-corrected chi connectivity index (χ0v) is 18.9. The highest BCUT2D eigenvalue weighted by Crippen LogP contribution is 2.32. The lowest BCUT2D eigenvalue weighted by molar-refractivity contribution is -0.274. The number of amides is 2. The van der Waals surface area contributed by atoms with E-state index in [0.29, 0.717) is 5.69 Å². The van der Waals surface area contributed by atoms with E-state index in [-0.39, 0.29) is 28.2 Å². The second-order valence-corrected chi connectivity index (χ2v) is 8.56. The van der Waals surface area contributed by atoms with Gasteiger partial charge in [-0.25, -0.2) is 4.99 Å². The van der Waals surface area contributed by atoms with Crippen molar-refractivity contribution in [2.75, 3.05) is 16.0 Å². The van der Waals surface area contributed by atoms with Crippen LogP contribution in [0.2, 0.25) is 0 Å². The molecule has 174 valence electrons. The first-order valence-corrected chi connectivity index (χ1v) is 11.7. The number of nitrogens with zero attached hydrogens (tertiary/aromatic N) is 2. The third-order valence-corrected chi connectivity index (χ3v) is 6.05. The van der Waals surface area contributed by atoms with Crippen LogP contribution in [0.1, 0.15) is 5.56 Å². The fourth-order valence-electron chi connectivity index (χ4n) is 3.01. The van der Waals surface area contributed by atoms with Gasteiger partial charge in [-0.3, -0.25) is 14.5 Å². The Kier molecular flexibility index (Phi) is 7.03. The third-order valence-electron chi connectivity index (χ3n) is 4.41. The lowest BCUT2D eigenvalue weighted by atomic mass is 10.2. The number of amidine groups is 1. The van der Waals surface area contributed by atoms with Gasteiger partial charge < -0.3 is 10.1 Å². The molecule has 0 unspecified atom stereocenters. The van der Waals surface area contributed by atoms with Gasteiger partial charge >= 0.3 is 6.36 Å². The number of benzene rings is 2. The highest BCUT2D eigenvalue weighted by atomic mass is 32.2. The van der Waals surface area contributed by atoms with Crippen LogP contribution in [0, 0.1) is 0 Å². The van der Waals surface area contributed by atoms with E-state index in [2.05, 4.69) is 15.0 Å². The van der Waals surface area contributed by atoms with E-state index >= 15 is 0 Å². The summed E-state index contributed by atoms with van der Waals surface area (Å²) in [5.41, 5.74) is 1.51. The number of thiophene rings is 1. The van der Waals surface area contributed by atoms with E-state index in [0.717, 1.165) is 23.4 Å². The summed E-state index contributed by atoms with van der Waals surface area (Å²) >= 11 is 2.48. The van der Waals surface area contributed by atoms with Crippen LogP contribution >= 0.6 is 23.1 Å². The van der Waals surface area contributed by atoms with Gasteiger partial charge in [0.05, 0.1) is 17.1 Å². The molecule has 0 atom stereocenters. The molecule has 2 heterocycles. The summed E-state index contributed by atoms with van der Waals surface area (Å²) < 4.78 is 41.8. The van der Waals surface area contributed by atoms with Crippen LogP contribution < -0.4 is 15.0 Å². The minimum absolute atomic E-state index is 0.118. The van der Waals surface area contributed by atoms with Gasteiger partial charge in [-0.1, -0.05) is 42.1 Å². The molecule has 1 N–H and O–H groups in total. The summed E-state index contributed by atoms with van der Waals surface area (Å²) in [5.74, 6) is -1.64. The van der Waals surface area contributed by atoms with Crippen molar-refractivity contribution in [1.29, 1.82) is 0 Å². The SMILES string of the molecule is O=C(CSC1=NC(=Cc2ccsc2)C(=O)N1c1ccccc1)Nc1ccccc1OC(F)(F)F. The molecule has 0 saturated carbocycles. The lowest BCUT2D eigenvalue weighted by Gasteiger charge is -2.18. The number of halogens is 3. The highest BCUT2D eigenvalue weighted by molar-refractivity contribution is 8.14. The smallest absolute Gasteiger partial charge is 0.404 e. The van der Waals surface area contributed by atoms with Gasteiger partial charge in [0, 0.05) is 0 Å². The van der Waals surface area contributed by atoms with Gasteiger partial charge in [0.2, 0.25) is 5.91 Å². The predicted molar refractivity (Wildman–Crippen MR) is 128 cm³/mol. The van der Waals surface area contributed by atoms with Gasteiger partial charge in [-0.15, -0.1) is 13.2 Å². The van der Waals surface area contributed by atoms with Crippen molar-refractivity contribution in [1.82, 2.24) is 0 Å². The zero-order chi connectivity index (χ0) is 24.1. The van der Waals surface area contributed by atoms with Gasteiger partial charge in [-0.2, -0.15) is 11.3 Å². The first kappa shape index (κ1) is 23.6. The minimum Gasteiger partial charge on any atom is -0.404 e. The Morgan fingerprint density at radius 3 is 2.56 bits per heavy atom. The van der Waals surface area contributed by atoms with E-state index in [9.17, 15) is 22.8 Å². The van der Waals surface area contributed by atoms with Crippen molar-refractivity contribution in [2.24, 2.45) is 4.99 Å². The van der Waals surface area contributed by atoms with Crippen LogP contribution in [0.4, 0.5) is 24.5 Å². The molecule has 0 fully saturated rings. The number of anilines is 2. The fraction of sp³-hybridized carbons (Fsp3) is 0.0870. The van der Waals surface area contributed by atoms with E-state index in [4.69, 9.17) is 0 Å². The largest absolute Gasteiger partial charge is 0.573 e. The van der Waals surface area contributed by atoms with Crippen LogP contribution in [-0.4, -0.2) is 29.1 Å². The van der Waals surface area contributed by atoms with E-state index in [1.807, 2.05) is 22.9 Å². The first-order valence-electron chi connectivity index (χ1n) is 9.80. The van der Waals surface area contributed by atoms with Crippen molar-refractivity contribution in [3.63, 3.8) is 0 Å². The summed E-state index contributed by atoms with van der Waals surface area (Å²) in [4.78, 5) is 31.4. The molecule has 0 bridgehead atoms. The summed E-state index contributed by atoms with van der Waals surface area (Å²) in [6.45, 7) is 0. The molecule has 2 aromatic carbocycles. The van der Waals surface area contributed by atoms with Crippen LogP contribution in [-0.2, 0) is 9.59 Å². The minimum atomic E-state index is -4.89. The molecule has 0 spiro atoms. The van der Waals surface area contributed by atoms with Gasteiger partial charge in [0.1, 0.15) is 5.70 Å². The number of nitrogens with one attached hydrogen (secondary N) is 1. The molecule has 2 amide bonds. The molecule has 11 heteroatoms. The molecule has 4 rings (SSSR count). The molecule has 3 aromatic rings. The second-order valence-electron chi connectivity index (χ2n) is 6.84. The Morgan fingerprint density at radius 1 is 1.12 bits per heavy atom. The van der Waals surface area contributed by atoms with Gasteiger partial charge in [0.15, 0.2) is 10.9 Å². The molecule has 1 aromatic heterocycles. The van der Waals surface area contributed by atoms with E-state index < -0.39 is 18.0 Å². The number of carbonyl (C=O) groups is 2. The Labute approximate surface area is 200 Å². The summed E-state index contributed by atoms with van der Waals surface area (Å²) in [6, 6.07) is 15.9. The number of alkyl halides is 3. The van der Waals surface area contributed by atoms with Crippen molar-refractivity contribution in [3.05, 3.63) is 82.7 Å². The number of hydrogen-bond donors (Lipinski definition) is 1. The summed E-state index contributed by atoms with van der Waals surface area (Å²) in [7, 11) is 0. The van der Waals surface area contributed by atoms with Gasteiger partial charge in [-0.05, 0) is 52.7 Å². The number of carbonyl (C=O) groups excluding carboxylic acids is 2. The van der Waals surface area contributed by atoms with Crippen molar-refractivity contribution >= 4 is 57.5 Å². The van der Waals surface area contributed by atoms with Crippen LogP contribution in [0.5, 0.6) is 5.75 Å². The average Bonchev–Trinajstić information content (AvgIpc) is 3.41. The quantitative estimate of drug-likeness (QED) is 0.434. The summed E-state index contributed by atoms with van der Waals surface area (Å²) in [6.07, 6.45) is -3.23. The van der Waals surface area contributed by atoms with Crippen molar-refractivity contribution in [3.8, 4) is 5.75 Å². The zero-order valence-electron chi connectivity index (χ0n) is 17.3. The maximum absolute atomic E-state index is 13.1. The Morgan fingerprint density at radius 2 is 1.85 bits per heavy atom. The molecule has 0 radical (unpaired) electrons. The maximum atomic E-state index is 13.1. The number of ether oxygens (including phenoxy) is 1. The Hall–Kier alpha value is -3.57. The first-order chi connectivity index (χ1) is 16.3. The van der Waals surface area contributed by atoms with Crippen molar-refractivity contribution in [2.45, 2.75) is 6.36 Å². The van der Waals surface area contributed by atoms with Crippen LogP contribution in [0.3, 0.4) is 0 Å². The molecular formula is C23H16F3N3O3S2. The molecule has 0 aliphatic carbocycles. The van der Waals surface area contributed by atoms with E-state index in [1.165, 1.54) is 34.4 Å². The molecule has 0 saturated heterocycles. The summed E-state index contributed by atoms with van der Waals surface area (Å²) in [5, 5.41) is 6.46. The van der Waals surface area contributed by atoms with Crippen LogP contribution in [0.15, 0.2) is 82.1 Å². The Bertz CT molecular complexity index is 1240. The normalized spacial score (nSPS) is 14.9.